The maximum Gasteiger partial charge on any atom is 0.227 e. The summed E-state index contributed by atoms with van der Waals surface area (Å²) in [7, 11) is 0. The Morgan fingerprint density at radius 1 is 1.22 bits per heavy atom. The van der Waals surface area contributed by atoms with Gasteiger partial charge in [-0.3, -0.25) is 14.5 Å². The Hall–Kier alpha value is -0.940. The topological polar surface area (TPSA) is 58.6 Å². The molecule has 1 heterocycles. The van der Waals surface area contributed by atoms with Crippen molar-refractivity contribution in [1.82, 2.24) is 10.2 Å². The van der Waals surface area contributed by atoms with E-state index in [4.69, 9.17) is 4.74 Å². The van der Waals surface area contributed by atoms with Gasteiger partial charge in [-0.25, -0.2) is 0 Å². The molecule has 0 radical (unpaired) electrons. The molecule has 2 unspecified atom stereocenters. The number of carbonyl (C=O) groups is 2. The molecular formula is C18H30N2O3. The van der Waals surface area contributed by atoms with Crippen LogP contribution >= 0.6 is 0 Å². The molecule has 0 aromatic carbocycles. The molecule has 3 fully saturated rings. The van der Waals surface area contributed by atoms with Crippen LogP contribution in [0.1, 0.15) is 46.5 Å². The van der Waals surface area contributed by atoms with Crippen LogP contribution in [0.25, 0.3) is 0 Å². The molecule has 3 rings (SSSR count). The van der Waals surface area contributed by atoms with Gasteiger partial charge in [0, 0.05) is 31.5 Å². The minimum Gasteiger partial charge on any atom is -0.379 e. The highest BCUT2D eigenvalue weighted by Crippen LogP contribution is 2.70. The highest BCUT2D eigenvalue weighted by molar-refractivity contribution is 5.99. The molecule has 1 saturated heterocycles. The molecule has 2 atom stereocenters. The van der Waals surface area contributed by atoms with E-state index in [0.717, 1.165) is 52.1 Å². The first-order valence-electron chi connectivity index (χ1n) is 8.95. The van der Waals surface area contributed by atoms with Crippen LogP contribution in [-0.2, 0) is 14.3 Å². The minimum absolute atomic E-state index is 0.0963. The SMILES string of the molecule is CC12CCC(C(=O)NCCCN3CCOCC3)(CC1=O)C2(C)C. The van der Waals surface area contributed by atoms with E-state index in [9.17, 15) is 9.59 Å². The van der Waals surface area contributed by atoms with Gasteiger partial charge in [0.25, 0.3) is 0 Å². The van der Waals surface area contributed by atoms with Gasteiger partial charge >= 0.3 is 0 Å². The number of nitrogens with zero attached hydrogens (tertiary/aromatic N) is 1. The van der Waals surface area contributed by atoms with Gasteiger partial charge in [-0.15, -0.1) is 0 Å². The fourth-order valence-electron chi connectivity index (χ4n) is 4.86. The Bertz CT molecular complexity index is 498. The van der Waals surface area contributed by atoms with Gasteiger partial charge in [0.15, 0.2) is 0 Å². The molecule has 1 amide bonds. The molecule has 5 nitrogen and oxygen atoms in total. The molecule has 0 aromatic rings. The lowest BCUT2D eigenvalue weighted by Crippen LogP contribution is -2.47. The van der Waals surface area contributed by atoms with Crippen molar-refractivity contribution in [2.24, 2.45) is 16.2 Å². The largest absolute Gasteiger partial charge is 0.379 e. The van der Waals surface area contributed by atoms with Crippen molar-refractivity contribution in [1.29, 1.82) is 0 Å². The Morgan fingerprint density at radius 2 is 1.91 bits per heavy atom. The predicted octanol–water partition coefficient (Wildman–Crippen LogP) is 1.61. The van der Waals surface area contributed by atoms with Gasteiger partial charge in [-0.2, -0.15) is 0 Å². The molecule has 0 spiro atoms. The number of morpholine rings is 1. The van der Waals surface area contributed by atoms with Crippen molar-refractivity contribution in [3.63, 3.8) is 0 Å². The Morgan fingerprint density at radius 3 is 2.48 bits per heavy atom. The zero-order valence-electron chi connectivity index (χ0n) is 14.7. The summed E-state index contributed by atoms with van der Waals surface area (Å²) in [6.07, 6.45) is 3.07. The van der Waals surface area contributed by atoms with Gasteiger partial charge in [0.05, 0.1) is 18.6 Å². The van der Waals surface area contributed by atoms with Crippen molar-refractivity contribution >= 4 is 11.7 Å². The molecule has 130 valence electrons. The average molecular weight is 322 g/mol. The van der Waals surface area contributed by atoms with Crippen LogP contribution in [0, 0.1) is 16.2 Å². The summed E-state index contributed by atoms with van der Waals surface area (Å²) in [5, 5.41) is 3.13. The lowest BCUT2D eigenvalue weighted by molar-refractivity contribution is -0.136. The van der Waals surface area contributed by atoms with Crippen LogP contribution in [-0.4, -0.2) is 56.0 Å². The van der Waals surface area contributed by atoms with E-state index >= 15 is 0 Å². The average Bonchev–Trinajstić information content (AvgIpc) is 2.83. The van der Waals surface area contributed by atoms with Crippen molar-refractivity contribution in [2.45, 2.75) is 46.5 Å². The molecular weight excluding hydrogens is 292 g/mol. The first-order valence-corrected chi connectivity index (χ1v) is 8.95. The Labute approximate surface area is 139 Å². The third-order valence-electron chi connectivity index (χ3n) is 7.18. The highest BCUT2D eigenvalue weighted by Gasteiger charge is 2.72. The quantitative estimate of drug-likeness (QED) is 0.781. The number of carbonyl (C=O) groups excluding carboxylic acids is 2. The van der Waals surface area contributed by atoms with E-state index in [-0.39, 0.29) is 22.5 Å². The maximum atomic E-state index is 12.9. The summed E-state index contributed by atoms with van der Waals surface area (Å²) in [4.78, 5) is 27.7. The third-order valence-corrected chi connectivity index (χ3v) is 7.18. The Kier molecular flexibility index (Phi) is 4.30. The zero-order valence-corrected chi connectivity index (χ0v) is 14.7. The van der Waals surface area contributed by atoms with E-state index < -0.39 is 5.41 Å². The number of ketones is 1. The number of ether oxygens (including phenoxy) is 1. The number of nitrogens with one attached hydrogen (secondary N) is 1. The van der Waals surface area contributed by atoms with Crippen LogP contribution in [0.2, 0.25) is 0 Å². The van der Waals surface area contributed by atoms with E-state index in [1.54, 1.807) is 0 Å². The molecule has 1 N–H and O–H groups in total. The fraction of sp³-hybridized carbons (Fsp3) is 0.889. The summed E-state index contributed by atoms with van der Waals surface area (Å²) in [6, 6.07) is 0. The lowest BCUT2D eigenvalue weighted by Gasteiger charge is -2.38. The number of hydrogen-bond donors (Lipinski definition) is 1. The summed E-state index contributed by atoms with van der Waals surface area (Å²) in [6.45, 7) is 11.5. The van der Waals surface area contributed by atoms with E-state index in [1.165, 1.54) is 0 Å². The summed E-state index contributed by atoms with van der Waals surface area (Å²) in [5.74, 6) is 0.372. The van der Waals surface area contributed by atoms with E-state index in [2.05, 4.69) is 31.0 Å². The number of hydrogen-bond acceptors (Lipinski definition) is 4. The van der Waals surface area contributed by atoms with Gasteiger partial charge in [0.2, 0.25) is 5.91 Å². The van der Waals surface area contributed by atoms with Crippen molar-refractivity contribution in [3.05, 3.63) is 0 Å². The maximum absolute atomic E-state index is 12.9. The molecule has 2 aliphatic carbocycles. The molecule has 0 aromatic heterocycles. The molecule has 5 heteroatoms. The summed E-state index contributed by atoms with van der Waals surface area (Å²) >= 11 is 0. The third kappa shape index (κ3) is 2.43. The molecule has 23 heavy (non-hydrogen) atoms. The lowest BCUT2D eigenvalue weighted by atomic mass is 9.64. The van der Waals surface area contributed by atoms with E-state index in [1.807, 2.05) is 0 Å². The number of fused-ring (bicyclic) bond motifs is 2. The zero-order chi connectivity index (χ0) is 16.7. The van der Waals surface area contributed by atoms with E-state index in [0.29, 0.717) is 13.0 Å². The summed E-state index contributed by atoms with van der Waals surface area (Å²) in [5.41, 5.74) is -1.05. The van der Waals surface area contributed by atoms with Crippen LogP contribution < -0.4 is 5.32 Å². The number of amides is 1. The monoisotopic (exact) mass is 322 g/mol. The van der Waals surface area contributed by atoms with Gasteiger partial charge in [-0.1, -0.05) is 20.8 Å². The van der Waals surface area contributed by atoms with Crippen LogP contribution in [0.3, 0.4) is 0 Å². The van der Waals surface area contributed by atoms with Gasteiger partial charge < -0.3 is 10.1 Å². The molecule has 2 bridgehead atoms. The Balaban J connectivity index is 1.53. The van der Waals surface area contributed by atoms with Gasteiger partial charge in [0.1, 0.15) is 5.78 Å². The second-order valence-electron chi connectivity index (χ2n) is 8.20. The predicted molar refractivity (Wildman–Crippen MR) is 88.1 cm³/mol. The van der Waals surface area contributed by atoms with Gasteiger partial charge in [-0.05, 0) is 31.2 Å². The second kappa shape index (κ2) is 5.85. The van der Waals surface area contributed by atoms with Crippen LogP contribution in [0.5, 0.6) is 0 Å². The fourth-order valence-corrected chi connectivity index (χ4v) is 4.86. The highest BCUT2D eigenvalue weighted by atomic mass is 16.5. The van der Waals surface area contributed by atoms with Crippen LogP contribution in [0.4, 0.5) is 0 Å². The van der Waals surface area contributed by atoms with Crippen molar-refractivity contribution < 1.29 is 14.3 Å². The smallest absolute Gasteiger partial charge is 0.227 e. The minimum atomic E-state index is -0.488. The van der Waals surface area contributed by atoms with Crippen LogP contribution in [0.15, 0.2) is 0 Å². The van der Waals surface area contributed by atoms with Crippen molar-refractivity contribution in [2.75, 3.05) is 39.4 Å². The molecule has 1 aliphatic heterocycles. The molecule has 3 aliphatic rings. The first kappa shape index (κ1) is 16.9. The number of rotatable bonds is 5. The number of Topliss-reactive ketones (excluding diaryl/α,β-unsaturated/α-hetero) is 1. The summed E-state index contributed by atoms with van der Waals surface area (Å²) < 4.78 is 5.34. The molecule has 2 saturated carbocycles. The standard InChI is InChI=1S/C18H30N2O3/c1-16(2)17(3)5-6-18(16,13-14(17)21)15(22)19-7-4-8-20-9-11-23-12-10-20/h4-13H2,1-3H3,(H,19,22). The van der Waals surface area contributed by atoms with Crippen molar-refractivity contribution in [3.8, 4) is 0 Å². The second-order valence-corrected chi connectivity index (χ2v) is 8.20. The normalized spacial score (nSPS) is 36.4. The first-order chi connectivity index (χ1) is 10.8.